The molecule has 0 bridgehead atoms. The Labute approximate surface area is 105 Å². The van der Waals surface area contributed by atoms with E-state index in [0.717, 1.165) is 0 Å². The first kappa shape index (κ1) is 13.6. The normalized spacial score (nSPS) is 11.9. The van der Waals surface area contributed by atoms with Crippen LogP contribution in [0.2, 0.25) is 0 Å². The molecule has 0 aliphatic rings. The van der Waals surface area contributed by atoms with Crippen LogP contribution < -0.4 is 11.1 Å². The molecule has 92 valence electrons. The number of amides is 1. The Bertz CT molecular complexity index is 428. The molecule has 1 aromatic carbocycles. The molecule has 0 fully saturated rings. The summed E-state index contributed by atoms with van der Waals surface area (Å²) in [6.45, 7) is 3.90. The number of thiocarbonyl (C=S) groups is 1. The molecule has 5 heteroatoms. The first-order chi connectivity index (χ1) is 7.90. The third-order valence-electron chi connectivity index (χ3n) is 2.36. The predicted octanol–water partition coefficient (Wildman–Crippen LogP) is 1.79. The van der Waals surface area contributed by atoms with Crippen molar-refractivity contribution in [3.8, 4) is 0 Å². The van der Waals surface area contributed by atoms with Gasteiger partial charge in [0.2, 0.25) is 0 Å². The first-order valence-corrected chi connectivity index (χ1v) is 5.65. The van der Waals surface area contributed by atoms with Gasteiger partial charge in [0.1, 0.15) is 5.82 Å². The summed E-state index contributed by atoms with van der Waals surface area (Å²) >= 11 is 4.79. The topological polar surface area (TPSA) is 55.1 Å². The second-order valence-electron chi connectivity index (χ2n) is 4.03. The van der Waals surface area contributed by atoms with Crippen LogP contribution in [0.3, 0.4) is 0 Å². The van der Waals surface area contributed by atoms with Gasteiger partial charge in [-0.15, -0.1) is 0 Å². The smallest absolute Gasteiger partial charge is 0.251 e. The number of carbonyl (C=O) groups is 1. The van der Waals surface area contributed by atoms with E-state index >= 15 is 0 Å². The van der Waals surface area contributed by atoms with Gasteiger partial charge < -0.3 is 11.1 Å². The minimum absolute atomic E-state index is 0.0800. The van der Waals surface area contributed by atoms with Crippen LogP contribution in [0.5, 0.6) is 0 Å². The van der Waals surface area contributed by atoms with E-state index in [1.165, 1.54) is 12.1 Å². The summed E-state index contributed by atoms with van der Waals surface area (Å²) in [7, 11) is 0. The van der Waals surface area contributed by atoms with E-state index in [1.807, 2.05) is 6.92 Å². The Balaban J connectivity index is 2.67. The SMILES string of the molecule is Cc1cc(F)cc(C(=O)NCC(C)C(N)=S)c1. The number of nitrogens with one attached hydrogen (secondary N) is 1. The molecular formula is C12H15FN2OS. The molecule has 0 spiro atoms. The van der Waals surface area contributed by atoms with Crippen molar-refractivity contribution in [2.45, 2.75) is 13.8 Å². The molecule has 0 saturated carbocycles. The molecule has 1 amide bonds. The second-order valence-corrected chi connectivity index (χ2v) is 4.50. The average molecular weight is 254 g/mol. The largest absolute Gasteiger partial charge is 0.393 e. The number of hydrogen-bond donors (Lipinski definition) is 2. The van der Waals surface area contributed by atoms with E-state index in [9.17, 15) is 9.18 Å². The number of halogens is 1. The molecule has 17 heavy (non-hydrogen) atoms. The highest BCUT2D eigenvalue weighted by atomic mass is 32.1. The van der Waals surface area contributed by atoms with E-state index in [2.05, 4.69) is 5.32 Å². The predicted molar refractivity (Wildman–Crippen MR) is 69.4 cm³/mol. The lowest BCUT2D eigenvalue weighted by Gasteiger charge is -2.11. The van der Waals surface area contributed by atoms with E-state index in [4.69, 9.17) is 18.0 Å². The first-order valence-electron chi connectivity index (χ1n) is 5.25. The van der Waals surface area contributed by atoms with E-state index in [-0.39, 0.29) is 11.8 Å². The van der Waals surface area contributed by atoms with E-state index < -0.39 is 5.82 Å². The van der Waals surface area contributed by atoms with Gasteiger partial charge in [0.15, 0.2) is 0 Å². The van der Waals surface area contributed by atoms with Crippen molar-refractivity contribution >= 4 is 23.1 Å². The third-order valence-corrected chi connectivity index (χ3v) is 2.76. The van der Waals surface area contributed by atoms with Gasteiger partial charge in [-0.25, -0.2) is 4.39 Å². The third kappa shape index (κ3) is 4.11. The molecule has 1 atom stereocenters. The average Bonchev–Trinajstić information content (AvgIpc) is 2.23. The van der Waals surface area contributed by atoms with Crippen molar-refractivity contribution in [2.75, 3.05) is 6.54 Å². The number of aryl methyl sites for hydroxylation is 1. The Morgan fingerprint density at radius 2 is 2.18 bits per heavy atom. The lowest BCUT2D eigenvalue weighted by molar-refractivity contribution is 0.0951. The maximum Gasteiger partial charge on any atom is 0.251 e. The molecule has 0 heterocycles. The lowest BCUT2D eigenvalue weighted by atomic mass is 10.1. The Morgan fingerprint density at radius 1 is 1.53 bits per heavy atom. The molecule has 1 unspecified atom stereocenters. The zero-order valence-electron chi connectivity index (χ0n) is 9.79. The molecule has 0 aliphatic carbocycles. The quantitative estimate of drug-likeness (QED) is 0.805. The molecule has 3 N–H and O–H groups in total. The van der Waals surface area contributed by atoms with Crippen LogP contribution in [0.4, 0.5) is 4.39 Å². The number of nitrogens with two attached hydrogens (primary N) is 1. The van der Waals surface area contributed by atoms with Gasteiger partial charge in [-0.05, 0) is 30.7 Å². The molecule has 3 nitrogen and oxygen atoms in total. The Morgan fingerprint density at radius 3 is 2.71 bits per heavy atom. The highest BCUT2D eigenvalue weighted by Gasteiger charge is 2.10. The second kappa shape index (κ2) is 5.72. The van der Waals surface area contributed by atoms with Crippen LogP contribution >= 0.6 is 12.2 Å². The summed E-state index contributed by atoms with van der Waals surface area (Å²) in [6.07, 6.45) is 0. The number of benzene rings is 1. The van der Waals surface area contributed by atoms with Gasteiger partial charge in [0.25, 0.3) is 5.91 Å². The fourth-order valence-electron chi connectivity index (χ4n) is 1.32. The number of hydrogen-bond acceptors (Lipinski definition) is 2. The number of rotatable bonds is 4. The van der Waals surface area contributed by atoms with Crippen molar-refractivity contribution < 1.29 is 9.18 Å². The van der Waals surface area contributed by atoms with Crippen LogP contribution in [-0.4, -0.2) is 17.4 Å². The van der Waals surface area contributed by atoms with E-state index in [1.54, 1.807) is 13.0 Å². The summed E-state index contributed by atoms with van der Waals surface area (Å²) in [4.78, 5) is 12.1. The molecular weight excluding hydrogens is 239 g/mol. The molecule has 0 aliphatic heterocycles. The van der Waals surface area contributed by atoms with Crippen LogP contribution in [0.1, 0.15) is 22.8 Å². The van der Waals surface area contributed by atoms with Crippen molar-refractivity contribution in [1.29, 1.82) is 0 Å². The molecule has 1 aromatic rings. The maximum atomic E-state index is 13.1. The fraction of sp³-hybridized carbons (Fsp3) is 0.333. The van der Waals surface area contributed by atoms with Crippen LogP contribution in [0.15, 0.2) is 18.2 Å². The van der Waals surface area contributed by atoms with Gasteiger partial charge in [-0.2, -0.15) is 0 Å². The van der Waals surface area contributed by atoms with E-state index in [0.29, 0.717) is 22.7 Å². The molecule has 0 aromatic heterocycles. The van der Waals surface area contributed by atoms with Crippen LogP contribution in [-0.2, 0) is 0 Å². The molecule has 1 rings (SSSR count). The van der Waals surface area contributed by atoms with Crippen molar-refractivity contribution in [3.63, 3.8) is 0 Å². The van der Waals surface area contributed by atoms with Crippen molar-refractivity contribution in [3.05, 3.63) is 35.1 Å². The summed E-state index contributed by atoms with van der Waals surface area (Å²) < 4.78 is 13.1. The van der Waals surface area contributed by atoms with Crippen LogP contribution in [0, 0.1) is 18.7 Å². The molecule has 0 saturated heterocycles. The Kier molecular flexibility index (Phi) is 4.57. The van der Waals surface area contributed by atoms with Gasteiger partial charge >= 0.3 is 0 Å². The standard InChI is InChI=1S/C12H15FN2OS/c1-7-3-9(5-10(13)4-7)12(16)15-6-8(2)11(14)17/h3-5,8H,6H2,1-2H3,(H2,14,17)(H,15,16). The van der Waals surface area contributed by atoms with Crippen molar-refractivity contribution in [1.82, 2.24) is 5.32 Å². The maximum absolute atomic E-state index is 13.1. The van der Waals surface area contributed by atoms with Gasteiger partial charge in [0, 0.05) is 18.0 Å². The number of carbonyl (C=O) groups excluding carboxylic acids is 1. The van der Waals surface area contributed by atoms with Crippen LogP contribution in [0.25, 0.3) is 0 Å². The monoisotopic (exact) mass is 254 g/mol. The lowest BCUT2D eigenvalue weighted by Crippen LogP contribution is -2.33. The highest BCUT2D eigenvalue weighted by molar-refractivity contribution is 7.80. The highest BCUT2D eigenvalue weighted by Crippen LogP contribution is 2.08. The summed E-state index contributed by atoms with van der Waals surface area (Å²) in [5.41, 5.74) is 6.44. The summed E-state index contributed by atoms with van der Waals surface area (Å²) in [5.74, 6) is -0.822. The van der Waals surface area contributed by atoms with Gasteiger partial charge in [-0.1, -0.05) is 19.1 Å². The van der Waals surface area contributed by atoms with Gasteiger partial charge in [0.05, 0.1) is 4.99 Å². The Hall–Kier alpha value is -1.49. The summed E-state index contributed by atoms with van der Waals surface area (Å²) in [5, 5.41) is 2.66. The molecule has 0 radical (unpaired) electrons. The zero-order chi connectivity index (χ0) is 13.0. The minimum atomic E-state index is -0.419. The zero-order valence-corrected chi connectivity index (χ0v) is 10.6. The van der Waals surface area contributed by atoms with Crippen molar-refractivity contribution in [2.24, 2.45) is 11.7 Å². The summed E-state index contributed by atoms with van der Waals surface area (Å²) in [6, 6.07) is 4.20. The minimum Gasteiger partial charge on any atom is -0.393 e. The fourth-order valence-corrected chi connectivity index (χ4v) is 1.40. The van der Waals surface area contributed by atoms with Gasteiger partial charge in [-0.3, -0.25) is 4.79 Å².